The number of nitrogens with two attached hydrogens (primary N) is 2. The van der Waals surface area contributed by atoms with Gasteiger partial charge in [0.05, 0.1) is 17.1 Å². The molecule has 36 heavy (non-hydrogen) atoms. The largest absolute Gasteiger partial charge is 0.391 e. The van der Waals surface area contributed by atoms with Crippen LogP contribution in [-0.4, -0.2) is 64.5 Å². The van der Waals surface area contributed by atoms with Crippen LogP contribution in [0.5, 0.6) is 0 Å². The van der Waals surface area contributed by atoms with E-state index in [1.807, 2.05) is 13.8 Å². The first kappa shape index (κ1) is 30.3. The van der Waals surface area contributed by atoms with Crippen LogP contribution in [0.2, 0.25) is 0 Å². The molecule has 14 nitrogen and oxygen atoms in total. The molecular weight excluding hydrogens is 472 g/mol. The zero-order valence-electron chi connectivity index (χ0n) is 20.6. The van der Waals surface area contributed by atoms with Gasteiger partial charge in [-0.25, -0.2) is 0 Å². The highest BCUT2D eigenvalue weighted by Gasteiger charge is 2.31. The molecule has 1 aromatic carbocycles. The number of guanidine groups is 1. The fraction of sp³-hybridized carbons (Fsp3) is 0.545. The zero-order valence-corrected chi connectivity index (χ0v) is 20.6. The summed E-state index contributed by atoms with van der Waals surface area (Å²) < 4.78 is 0. The molecule has 0 spiro atoms. The smallest absolute Gasteiger partial charge is 0.269 e. The Balaban J connectivity index is 2.96. The lowest BCUT2D eigenvalue weighted by molar-refractivity contribution is -0.384. The minimum absolute atomic E-state index is 0.123. The average Bonchev–Trinajstić information content (AvgIpc) is 2.78. The van der Waals surface area contributed by atoms with E-state index >= 15 is 0 Å². The van der Waals surface area contributed by atoms with Gasteiger partial charge in [-0.2, -0.15) is 0 Å². The van der Waals surface area contributed by atoms with Gasteiger partial charge in [0.1, 0.15) is 12.1 Å². The maximum Gasteiger partial charge on any atom is 0.269 e. The van der Waals surface area contributed by atoms with Crippen LogP contribution in [0.15, 0.2) is 24.3 Å². The van der Waals surface area contributed by atoms with E-state index in [1.165, 1.54) is 31.2 Å². The topological polar surface area (TPSA) is 239 Å². The van der Waals surface area contributed by atoms with Crippen molar-refractivity contribution in [2.24, 2.45) is 17.4 Å². The van der Waals surface area contributed by atoms with Crippen molar-refractivity contribution in [2.75, 3.05) is 11.9 Å². The number of nitrogens with zero attached hydrogens (tertiary/aromatic N) is 1. The molecule has 0 aliphatic heterocycles. The molecule has 0 aromatic heterocycles. The molecule has 0 heterocycles. The lowest BCUT2D eigenvalue weighted by atomic mass is 10.0. The Labute approximate surface area is 209 Å². The first-order valence-corrected chi connectivity index (χ1v) is 11.5. The van der Waals surface area contributed by atoms with E-state index in [0.717, 1.165) is 0 Å². The van der Waals surface area contributed by atoms with Gasteiger partial charge in [0, 0.05) is 24.4 Å². The second kappa shape index (κ2) is 14.6. The number of non-ortho nitro benzene ring substituents is 1. The first-order chi connectivity index (χ1) is 16.8. The third-order valence-electron chi connectivity index (χ3n) is 5.09. The van der Waals surface area contributed by atoms with Crippen molar-refractivity contribution >= 4 is 35.1 Å². The zero-order chi connectivity index (χ0) is 27.4. The molecule has 0 saturated heterocycles. The summed E-state index contributed by atoms with van der Waals surface area (Å²) in [5, 5.41) is 38.3. The van der Waals surface area contributed by atoms with E-state index in [1.54, 1.807) is 0 Å². The number of hydrogen-bond acceptors (Lipinski definition) is 8. The van der Waals surface area contributed by atoms with Gasteiger partial charge in [-0.15, -0.1) is 0 Å². The number of aliphatic hydroxyl groups is 1. The maximum atomic E-state index is 12.9. The number of nitro benzene ring substituents is 1. The summed E-state index contributed by atoms with van der Waals surface area (Å²) >= 11 is 0. The van der Waals surface area contributed by atoms with Crippen LogP contribution in [0.4, 0.5) is 11.4 Å². The monoisotopic (exact) mass is 508 g/mol. The Bertz CT molecular complexity index is 922. The highest BCUT2D eigenvalue weighted by atomic mass is 16.6. The molecule has 0 aliphatic carbocycles. The number of anilines is 1. The number of hydrogen-bond donors (Lipinski definition) is 8. The third kappa shape index (κ3) is 10.7. The molecule has 14 heteroatoms. The van der Waals surface area contributed by atoms with E-state index in [2.05, 4.69) is 21.3 Å². The Morgan fingerprint density at radius 1 is 1.08 bits per heavy atom. The number of nitrogens with one attached hydrogen (secondary N) is 5. The van der Waals surface area contributed by atoms with Crippen molar-refractivity contribution in [1.82, 2.24) is 16.0 Å². The summed E-state index contributed by atoms with van der Waals surface area (Å²) in [6, 6.07) is 1.81. The molecule has 1 rings (SSSR count). The summed E-state index contributed by atoms with van der Waals surface area (Å²) in [5.74, 6) is -2.13. The number of rotatable bonds is 14. The Morgan fingerprint density at radius 2 is 1.69 bits per heavy atom. The molecule has 1 aromatic rings. The number of amides is 3. The highest BCUT2D eigenvalue weighted by molar-refractivity contribution is 5.98. The van der Waals surface area contributed by atoms with Crippen molar-refractivity contribution in [3.63, 3.8) is 0 Å². The molecule has 4 atom stereocenters. The highest BCUT2D eigenvalue weighted by Crippen LogP contribution is 2.16. The van der Waals surface area contributed by atoms with Crippen LogP contribution in [0, 0.1) is 21.4 Å². The van der Waals surface area contributed by atoms with Crippen LogP contribution in [-0.2, 0) is 14.4 Å². The third-order valence-corrected chi connectivity index (χ3v) is 5.09. The molecule has 0 bridgehead atoms. The number of carbonyl (C=O) groups is 3. The molecule has 3 amide bonds. The number of aliphatic hydroxyl groups excluding tert-OH is 1. The molecule has 0 fully saturated rings. The summed E-state index contributed by atoms with van der Waals surface area (Å²) in [5.41, 5.74) is 11.2. The summed E-state index contributed by atoms with van der Waals surface area (Å²) in [6.07, 6.45) is -0.442. The van der Waals surface area contributed by atoms with Gasteiger partial charge in [0.15, 0.2) is 5.96 Å². The van der Waals surface area contributed by atoms with Crippen molar-refractivity contribution < 1.29 is 24.4 Å². The van der Waals surface area contributed by atoms with E-state index < -0.39 is 46.9 Å². The summed E-state index contributed by atoms with van der Waals surface area (Å²) in [7, 11) is 0. The average molecular weight is 509 g/mol. The van der Waals surface area contributed by atoms with Gasteiger partial charge in [-0.3, -0.25) is 29.9 Å². The van der Waals surface area contributed by atoms with Crippen LogP contribution in [0.1, 0.15) is 40.0 Å². The number of benzene rings is 1. The van der Waals surface area contributed by atoms with Crippen molar-refractivity contribution in [2.45, 2.75) is 64.3 Å². The van der Waals surface area contributed by atoms with Crippen LogP contribution < -0.4 is 32.7 Å². The van der Waals surface area contributed by atoms with Gasteiger partial charge < -0.3 is 37.8 Å². The lowest BCUT2D eigenvalue weighted by Crippen LogP contribution is -2.58. The minimum atomic E-state index is -1.36. The molecule has 10 N–H and O–H groups in total. The van der Waals surface area contributed by atoms with Gasteiger partial charge >= 0.3 is 0 Å². The minimum Gasteiger partial charge on any atom is -0.391 e. The summed E-state index contributed by atoms with van der Waals surface area (Å²) in [4.78, 5) is 48.5. The predicted molar refractivity (Wildman–Crippen MR) is 134 cm³/mol. The fourth-order valence-electron chi connectivity index (χ4n) is 3.24. The molecule has 200 valence electrons. The predicted octanol–water partition coefficient (Wildman–Crippen LogP) is -0.480. The van der Waals surface area contributed by atoms with Crippen molar-refractivity contribution in [3.8, 4) is 0 Å². The summed E-state index contributed by atoms with van der Waals surface area (Å²) in [6.45, 7) is 5.36. The first-order valence-electron chi connectivity index (χ1n) is 11.5. The van der Waals surface area contributed by atoms with Gasteiger partial charge in [-0.1, -0.05) is 13.8 Å². The van der Waals surface area contributed by atoms with Gasteiger partial charge in [0.2, 0.25) is 17.7 Å². The van der Waals surface area contributed by atoms with E-state index in [9.17, 15) is 29.6 Å². The van der Waals surface area contributed by atoms with Crippen LogP contribution in [0.3, 0.4) is 0 Å². The molecular formula is C22H36N8O6. The maximum absolute atomic E-state index is 12.9. The molecule has 0 saturated carbocycles. The fourth-order valence-corrected chi connectivity index (χ4v) is 3.24. The molecule has 0 aliphatic rings. The lowest BCUT2D eigenvalue weighted by Gasteiger charge is -2.26. The van der Waals surface area contributed by atoms with E-state index in [-0.39, 0.29) is 36.2 Å². The van der Waals surface area contributed by atoms with Crippen molar-refractivity contribution in [3.05, 3.63) is 34.4 Å². The SMILES string of the molecule is CC(C)C[C@H](N)C(=O)N[C@H](C(=O)N[C@@H](CCCNC(=N)N)C(=O)Nc1ccc([N+](=O)[O-])cc1)[C@@H](C)O. The number of carbonyl (C=O) groups excluding carboxylic acids is 3. The normalized spacial score (nSPS) is 14.2. The second-order valence-corrected chi connectivity index (χ2v) is 8.80. The van der Waals surface area contributed by atoms with Crippen molar-refractivity contribution in [1.29, 1.82) is 5.41 Å². The van der Waals surface area contributed by atoms with E-state index in [0.29, 0.717) is 12.8 Å². The molecule has 0 radical (unpaired) electrons. The Morgan fingerprint density at radius 3 is 2.19 bits per heavy atom. The standard InChI is InChI=1S/C22H36N8O6/c1-12(2)11-16(23)19(32)29-18(13(3)31)21(34)28-17(5-4-10-26-22(24)25)20(33)27-14-6-8-15(9-7-14)30(35)36/h6-9,12-13,16-18,31H,4-5,10-11,23H2,1-3H3,(H,27,33)(H,28,34)(H,29,32)(H4,24,25,26)/t13-,16+,17+,18+/m1/s1. The van der Waals surface area contributed by atoms with Gasteiger partial charge in [0.25, 0.3) is 5.69 Å². The Kier molecular flexibility index (Phi) is 12.3. The van der Waals surface area contributed by atoms with Crippen LogP contribution in [0.25, 0.3) is 0 Å². The Hall–Kier alpha value is -3.78. The number of nitro groups is 1. The van der Waals surface area contributed by atoms with E-state index in [4.69, 9.17) is 16.9 Å². The van der Waals surface area contributed by atoms with Gasteiger partial charge in [-0.05, 0) is 44.2 Å². The quantitative estimate of drug-likeness (QED) is 0.0531. The van der Waals surface area contributed by atoms with Crippen LogP contribution >= 0.6 is 0 Å². The second-order valence-electron chi connectivity index (χ2n) is 8.80. The molecule has 0 unspecified atom stereocenters.